The third-order valence-electron chi connectivity index (χ3n) is 5.22. The Bertz CT molecular complexity index is 350. The summed E-state index contributed by atoms with van der Waals surface area (Å²) >= 11 is 0. The van der Waals surface area contributed by atoms with Gasteiger partial charge in [-0.3, -0.25) is 10.1 Å². The molecule has 0 radical (unpaired) electrons. The molecule has 0 aliphatic heterocycles. The van der Waals surface area contributed by atoms with E-state index in [1.807, 2.05) is 0 Å². The second-order valence-corrected chi connectivity index (χ2v) is 7.01. The Kier molecular flexibility index (Phi) is 4.32. The largest absolute Gasteiger partial charge is 0.480 e. The SMILES string of the molecule is O=C(O)C1(NC2CC2)CCCC(OCC2CCCC2)C1. The van der Waals surface area contributed by atoms with Gasteiger partial charge in [-0.15, -0.1) is 0 Å². The van der Waals surface area contributed by atoms with Gasteiger partial charge in [0, 0.05) is 19.1 Å². The molecule has 3 aliphatic rings. The molecule has 3 aliphatic carbocycles. The summed E-state index contributed by atoms with van der Waals surface area (Å²) in [4.78, 5) is 11.7. The number of nitrogens with one attached hydrogen (secondary N) is 1. The minimum atomic E-state index is -0.722. The number of ether oxygens (including phenoxy) is 1. The molecule has 2 unspecified atom stereocenters. The Morgan fingerprint density at radius 2 is 1.90 bits per heavy atom. The molecule has 0 spiro atoms. The molecule has 2 N–H and O–H groups in total. The number of carbonyl (C=O) groups is 1. The average Bonchev–Trinajstić information content (AvgIpc) is 3.08. The first kappa shape index (κ1) is 14.3. The molecular formula is C16H27NO3. The summed E-state index contributed by atoms with van der Waals surface area (Å²) in [5, 5.41) is 13.0. The van der Waals surface area contributed by atoms with Gasteiger partial charge >= 0.3 is 5.97 Å². The quantitative estimate of drug-likeness (QED) is 0.786. The van der Waals surface area contributed by atoms with Gasteiger partial charge in [-0.05, 0) is 50.9 Å². The van der Waals surface area contributed by atoms with Crippen molar-refractivity contribution in [2.24, 2.45) is 5.92 Å². The number of hydrogen-bond donors (Lipinski definition) is 2. The topological polar surface area (TPSA) is 58.6 Å². The minimum Gasteiger partial charge on any atom is -0.480 e. The molecule has 0 aromatic carbocycles. The Morgan fingerprint density at radius 1 is 1.15 bits per heavy atom. The van der Waals surface area contributed by atoms with Crippen molar-refractivity contribution in [1.29, 1.82) is 0 Å². The van der Waals surface area contributed by atoms with Crippen LogP contribution >= 0.6 is 0 Å². The van der Waals surface area contributed by atoms with E-state index in [-0.39, 0.29) is 6.10 Å². The van der Waals surface area contributed by atoms with Gasteiger partial charge in [-0.25, -0.2) is 0 Å². The van der Waals surface area contributed by atoms with Crippen LogP contribution in [-0.4, -0.2) is 35.4 Å². The molecule has 4 nitrogen and oxygen atoms in total. The molecule has 20 heavy (non-hydrogen) atoms. The summed E-state index contributed by atoms with van der Waals surface area (Å²) in [6.45, 7) is 0.837. The number of hydrogen-bond acceptors (Lipinski definition) is 3. The first-order valence-corrected chi connectivity index (χ1v) is 8.31. The predicted octanol–water partition coefficient (Wildman–Crippen LogP) is 2.71. The standard InChI is InChI=1S/C16H27NO3/c18-15(19)16(17-13-7-8-13)9-3-6-14(10-16)20-11-12-4-1-2-5-12/h12-14,17H,1-11H2,(H,18,19). The Morgan fingerprint density at radius 3 is 2.55 bits per heavy atom. The van der Waals surface area contributed by atoms with Crippen molar-refractivity contribution in [3.05, 3.63) is 0 Å². The van der Waals surface area contributed by atoms with Crippen LogP contribution in [0.25, 0.3) is 0 Å². The van der Waals surface area contributed by atoms with Crippen molar-refractivity contribution in [3.8, 4) is 0 Å². The maximum absolute atomic E-state index is 11.7. The van der Waals surface area contributed by atoms with Crippen LogP contribution in [0.5, 0.6) is 0 Å². The lowest BCUT2D eigenvalue weighted by molar-refractivity contribution is -0.149. The fraction of sp³-hybridized carbons (Fsp3) is 0.938. The predicted molar refractivity (Wildman–Crippen MR) is 76.7 cm³/mol. The van der Waals surface area contributed by atoms with E-state index in [0.717, 1.165) is 38.7 Å². The summed E-state index contributed by atoms with van der Waals surface area (Å²) in [6, 6.07) is 0.430. The summed E-state index contributed by atoms with van der Waals surface area (Å²) < 4.78 is 6.07. The molecule has 0 bridgehead atoms. The molecule has 0 heterocycles. The summed E-state index contributed by atoms with van der Waals surface area (Å²) in [5.41, 5.74) is -0.722. The number of carboxylic acids is 1. The van der Waals surface area contributed by atoms with Crippen LogP contribution in [0.15, 0.2) is 0 Å². The number of carboxylic acid groups (broad SMARTS) is 1. The van der Waals surface area contributed by atoms with Crippen molar-refractivity contribution in [2.45, 2.75) is 81.9 Å². The Balaban J connectivity index is 1.54. The highest BCUT2D eigenvalue weighted by atomic mass is 16.5. The highest BCUT2D eigenvalue weighted by molar-refractivity contribution is 5.79. The van der Waals surface area contributed by atoms with Crippen LogP contribution in [0.3, 0.4) is 0 Å². The van der Waals surface area contributed by atoms with E-state index in [0.29, 0.717) is 18.4 Å². The van der Waals surface area contributed by atoms with Gasteiger partial charge in [0.1, 0.15) is 5.54 Å². The van der Waals surface area contributed by atoms with Gasteiger partial charge in [0.25, 0.3) is 0 Å². The van der Waals surface area contributed by atoms with Crippen LogP contribution in [0, 0.1) is 5.92 Å². The van der Waals surface area contributed by atoms with E-state index < -0.39 is 11.5 Å². The van der Waals surface area contributed by atoms with E-state index in [9.17, 15) is 9.90 Å². The van der Waals surface area contributed by atoms with Crippen molar-refractivity contribution < 1.29 is 14.6 Å². The second-order valence-electron chi connectivity index (χ2n) is 7.01. The summed E-state index contributed by atoms with van der Waals surface area (Å²) in [7, 11) is 0. The molecular weight excluding hydrogens is 254 g/mol. The molecule has 0 saturated heterocycles. The minimum absolute atomic E-state index is 0.131. The van der Waals surface area contributed by atoms with E-state index in [1.165, 1.54) is 25.7 Å². The fourth-order valence-corrected chi connectivity index (χ4v) is 3.82. The molecule has 4 heteroatoms. The van der Waals surface area contributed by atoms with Crippen LogP contribution in [0.2, 0.25) is 0 Å². The van der Waals surface area contributed by atoms with Gasteiger partial charge < -0.3 is 9.84 Å². The highest BCUT2D eigenvalue weighted by Crippen LogP contribution is 2.35. The van der Waals surface area contributed by atoms with E-state index in [1.54, 1.807) is 0 Å². The zero-order valence-corrected chi connectivity index (χ0v) is 12.3. The zero-order chi connectivity index (χ0) is 14.0. The third-order valence-corrected chi connectivity index (χ3v) is 5.22. The molecule has 0 amide bonds. The lowest BCUT2D eigenvalue weighted by Crippen LogP contribution is -2.57. The molecule has 114 valence electrons. The molecule has 3 rings (SSSR count). The lowest BCUT2D eigenvalue weighted by atomic mass is 9.80. The first-order chi connectivity index (χ1) is 9.68. The van der Waals surface area contributed by atoms with Gasteiger partial charge in [0.2, 0.25) is 0 Å². The van der Waals surface area contributed by atoms with Crippen molar-refractivity contribution in [2.75, 3.05) is 6.61 Å². The van der Waals surface area contributed by atoms with Gasteiger partial charge in [0.05, 0.1) is 6.10 Å². The second kappa shape index (κ2) is 6.02. The van der Waals surface area contributed by atoms with Gasteiger partial charge in [-0.1, -0.05) is 12.8 Å². The van der Waals surface area contributed by atoms with Crippen molar-refractivity contribution >= 4 is 5.97 Å². The normalized spacial score (nSPS) is 35.3. The molecule has 2 atom stereocenters. The molecule has 0 aromatic heterocycles. The molecule has 3 saturated carbocycles. The summed E-state index contributed by atoms with van der Waals surface area (Å²) in [6.07, 6.45) is 11.0. The number of rotatable bonds is 6. The van der Waals surface area contributed by atoms with Crippen molar-refractivity contribution in [1.82, 2.24) is 5.32 Å². The molecule has 3 fully saturated rings. The number of aliphatic carboxylic acids is 1. The third kappa shape index (κ3) is 3.34. The van der Waals surface area contributed by atoms with Crippen LogP contribution in [0.4, 0.5) is 0 Å². The van der Waals surface area contributed by atoms with E-state index >= 15 is 0 Å². The van der Waals surface area contributed by atoms with Crippen LogP contribution < -0.4 is 5.32 Å². The smallest absolute Gasteiger partial charge is 0.324 e. The van der Waals surface area contributed by atoms with E-state index in [2.05, 4.69) is 5.32 Å². The Hall–Kier alpha value is -0.610. The maximum Gasteiger partial charge on any atom is 0.324 e. The van der Waals surface area contributed by atoms with Crippen LogP contribution in [-0.2, 0) is 9.53 Å². The zero-order valence-electron chi connectivity index (χ0n) is 12.3. The fourth-order valence-electron chi connectivity index (χ4n) is 3.82. The first-order valence-electron chi connectivity index (χ1n) is 8.31. The monoisotopic (exact) mass is 281 g/mol. The lowest BCUT2D eigenvalue weighted by Gasteiger charge is -2.38. The summed E-state index contributed by atoms with van der Waals surface area (Å²) in [5.74, 6) is 0.0334. The maximum atomic E-state index is 11.7. The van der Waals surface area contributed by atoms with Crippen LogP contribution in [0.1, 0.15) is 64.2 Å². The van der Waals surface area contributed by atoms with Crippen molar-refractivity contribution in [3.63, 3.8) is 0 Å². The highest BCUT2D eigenvalue weighted by Gasteiger charge is 2.46. The van der Waals surface area contributed by atoms with E-state index in [4.69, 9.17) is 4.74 Å². The average molecular weight is 281 g/mol. The van der Waals surface area contributed by atoms with Gasteiger partial charge in [-0.2, -0.15) is 0 Å². The Labute approximate surface area is 121 Å². The molecule has 0 aromatic rings. The van der Waals surface area contributed by atoms with Gasteiger partial charge in [0.15, 0.2) is 0 Å².